The maximum absolute atomic E-state index is 12.6. The van der Waals surface area contributed by atoms with Gasteiger partial charge in [-0.15, -0.1) is 0 Å². The topological polar surface area (TPSA) is 55.4 Å². The molecule has 1 aromatic carbocycles. The SMILES string of the molecule is O=S1(=O)N[C@@H](c2ccc(F)cc2)CO1. The Labute approximate surface area is 81.0 Å². The standard InChI is InChI=1S/C8H8FNO3S/c9-7-3-1-6(2-4-7)8-5-13-14(11,12)10-8/h1-4,8,10H,5H2/t8-/m1/s1. The summed E-state index contributed by atoms with van der Waals surface area (Å²) >= 11 is 0. The molecule has 1 heterocycles. The minimum Gasteiger partial charge on any atom is -0.256 e. The zero-order chi connectivity index (χ0) is 10.2. The molecule has 0 aliphatic carbocycles. The second-order valence-electron chi connectivity index (χ2n) is 2.96. The van der Waals surface area contributed by atoms with Crippen LogP contribution in [0.4, 0.5) is 4.39 Å². The van der Waals surface area contributed by atoms with Gasteiger partial charge in [-0.3, -0.25) is 4.18 Å². The number of hydrogen-bond donors (Lipinski definition) is 1. The van der Waals surface area contributed by atoms with Gasteiger partial charge in [0, 0.05) is 0 Å². The van der Waals surface area contributed by atoms with Gasteiger partial charge in [0.1, 0.15) is 5.82 Å². The van der Waals surface area contributed by atoms with E-state index in [0.29, 0.717) is 5.56 Å². The molecule has 14 heavy (non-hydrogen) atoms. The van der Waals surface area contributed by atoms with Gasteiger partial charge in [0.2, 0.25) is 0 Å². The highest BCUT2D eigenvalue weighted by Gasteiger charge is 2.28. The van der Waals surface area contributed by atoms with Crippen molar-refractivity contribution in [2.24, 2.45) is 0 Å². The van der Waals surface area contributed by atoms with Crippen LogP contribution in [0.3, 0.4) is 0 Å². The molecule has 2 rings (SSSR count). The summed E-state index contributed by atoms with van der Waals surface area (Å²) < 4.78 is 41.1. The predicted octanol–water partition coefficient (Wildman–Crippen LogP) is 0.731. The fourth-order valence-corrected chi connectivity index (χ4v) is 2.20. The van der Waals surface area contributed by atoms with E-state index >= 15 is 0 Å². The van der Waals surface area contributed by atoms with Gasteiger partial charge >= 0.3 is 10.3 Å². The van der Waals surface area contributed by atoms with Crippen molar-refractivity contribution in [2.45, 2.75) is 6.04 Å². The van der Waals surface area contributed by atoms with E-state index in [1.165, 1.54) is 24.3 Å². The number of halogens is 1. The molecular formula is C8H8FNO3S. The van der Waals surface area contributed by atoms with Crippen LogP contribution in [-0.2, 0) is 14.5 Å². The van der Waals surface area contributed by atoms with Crippen molar-refractivity contribution in [1.29, 1.82) is 0 Å². The highest BCUT2D eigenvalue weighted by Crippen LogP contribution is 2.20. The van der Waals surface area contributed by atoms with Crippen LogP contribution in [0.5, 0.6) is 0 Å². The fourth-order valence-electron chi connectivity index (χ4n) is 1.26. The Hall–Kier alpha value is -0.980. The number of benzene rings is 1. The molecule has 1 aliphatic rings. The van der Waals surface area contributed by atoms with E-state index in [2.05, 4.69) is 8.91 Å². The maximum Gasteiger partial charge on any atom is 0.336 e. The lowest BCUT2D eigenvalue weighted by Gasteiger charge is -2.05. The Morgan fingerprint density at radius 2 is 2.00 bits per heavy atom. The van der Waals surface area contributed by atoms with Crippen LogP contribution >= 0.6 is 0 Å². The van der Waals surface area contributed by atoms with E-state index in [4.69, 9.17) is 0 Å². The van der Waals surface area contributed by atoms with Gasteiger partial charge in [0.25, 0.3) is 0 Å². The summed E-state index contributed by atoms with van der Waals surface area (Å²) in [5, 5.41) is 0. The molecule has 0 spiro atoms. The lowest BCUT2D eigenvalue weighted by Crippen LogP contribution is -2.19. The maximum atomic E-state index is 12.6. The van der Waals surface area contributed by atoms with Crippen LogP contribution < -0.4 is 4.72 Å². The van der Waals surface area contributed by atoms with Gasteiger partial charge in [-0.05, 0) is 17.7 Å². The largest absolute Gasteiger partial charge is 0.336 e. The molecule has 1 fully saturated rings. The average Bonchev–Trinajstić information content (AvgIpc) is 2.47. The van der Waals surface area contributed by atoms with Gasteiger partial charge in [-0.25, -0.2) is 4.39 Å². The van der Waals surface area contributed by atoms with Crippen LogP contribution in [0, 0.1) is 5.82 Å². The van der Waals surface area contributed by atoms with Crippen molar-refractivity contribution in [3.8, 4) is 0 Å². The predicted molar refractivity (Wildman–Crippen MR) is 47.1 cm³/mol. The van der Waals surface area contributed by atoms with E-state index in [-0.39, 0.29) is 12.4 Å². The Kier molecular flexibility index (Phi) is 2.26. The number of hydrogen-bond acceptors (Lipinski definition) is 3. The molecule has 1 N–H and O–H groups in total. The molecule has 6 heteroatoms. The van der Waals surface area contributed by atoms with Crippen LogP contribution in [0.1, 0.15) is 11.6 Å². The molecular weight excluding hydrogens is 209 g/mol. The molecule has 0 saturated carbocycles. The molecule has 0 radical (unpaired) electrons. The molecule has 1 aliphatic heterocycles. The van der Waals surface area contributed by atoms with Crippen molar-refractivity contribution in [3.63, 3.8) is 0 Å². The highest BCUT2D eigenvalue weighted by atomic mass is 32.2. The third-order valence-corrected chi connectivity index (χ3v) is 2.97. The third kappa shape index (κ3) is 1.92. The molecule has 0 amide bonds. The second-order valence-corrected chi connectivity index (χ2v) is 4.34. The number of rotatable bonds is 1. The minimum absolute atomic E-state index is 0.0496. The lowest BCUT2D eigenvalue weighted by atomic mass is 10.1. The van der Waals surface area contributed by atoms with Gasteiger partial charge < -0.3 is 0 Å². The third-order valence-electron chi connectivity index (χ3n) is 1.95. The lowest BCUT2D eigenvalue weighted by molar-refractivity contribution is 0.338. The summed E-state index contributed by atoms with van der Waals surface area (Å²) in [6.07, 6.45) is 0. The molecule has 0 aromatic heterocycles. The van der Waals surface area contributed by atoms with Gasteiger partial charge in [-0.2, -0.15) is 13.1 Å². The molecule has 1 saturated heterocycles. The van der Waals surface area contributed by atoms with Crippen LogP contribution in [0.15, 0.2) is 24.3 Å². The van der Waals surface area contributed by atoms with E-state index in [9.17, 15) is 12.8 Å². The van der Waals surface area contributed by atoms with Gasteiger partial charge in [0.15, 0.2) is 0 Å². The van der Waals surface area contributed by atoms with Crippen molar-refractivity contribution < 1.29 is 17.0 Å². The van der Waals surface area contributed by atoms with Crippen molar-refractivity contribution in [1.82, 2.24) is 4.72 Å². The van der Waals surface area contributed by atoms with Crippen LogP contribution in [0.25, 0.3) is 0 Å². The quantitative estimate of drug-likeness (QED) is 0.754. The summed E-state index contributed by atoms with van der Waals surface area (Å²) in [5.41, 5.74) is 0.687. The van der Waals surface area contributed by atoms with Crippen molar-refractivity contribution in [2.75, 3.05) is 6.61 Å². The zero-order valence-electron chi connectivity index (χ0n) is 7.10. The first-order valence-corrected chi connectivity index (χ1v) is 5.40. The Bertz CT molecular complexity index is 428. The summed E-state index contributed by atoms with van der Waals surface area (Å²) in [7, 11) is -3.60. The zero-order valence-corrected chi connectivity index (χ0v) is 7.92. The average molecular weight is 217 g/mol. The summed E-state index contributed by atoms with van der Waals surface area (Å²) in [5.74, 6) is -0.351. The first-order valence-electron chi connectivity index (χ1n) is 3.99. The Morgan fingerprint density at radius 3 is 2.50 bits per heavy atom. The van der Waals surface area contributed by atoms with Crippen LogP contribution in [0.2, 0.25) is 0 Å². The molecule has 1 atom stereocenters. The summed E-state index contributed by atoms with van der Waals surface area (Å²) in [4.78, 5) is 0. The van der Waals surface area contributed by atoms with Crippen LogP contribution in [-0.4, -0.2) is 15.0 Å². The van der Waals surface area contributed by atoms with E-state index in [1.54, 1.807) is 0 Å². The molecule has 1 aromatic rings. The molecule has 76 valence electrons. The smallest absolute Gasteiger partial charge is 0.256 e. The number of nitrogens with one attached hydrogen (secondary N) is 1. The Morgan fingerprint density at radius 1 is 1.36 bits per heavy atom. The second kappa shape index (κ2) is 3.30. The van der Waals surface area contributed by atoms with Gasteiger partial charge in [0.05, 0.1) is 12.6 Å². The highest BCUT2D eigenvalue weighted by molar-refractivity contribution is 7.84. The van der Waals surface area contributed by atoms with Crippen molar-refractivity contribution >= 4 is 10.3 Å². The molecule has 4 nitrogen and oxygen atoms in total. The molecule has 0 bridgehead atoms. The van der Waals surface area contributed by atoms with Gasteiger partial charge in [-0.1, -0.05) is 12.1 Å². The normalized spacial score (nSPS) is 25.1. The first-order chi connectivity index (χ1) is 6.57. The van der Waals surface area contributed by atoms with E-state index in [0.717, 1.165) is 0 Å². The fraction of sp³-hybridized carbons (Fsp3) is 0.250. The Balaban J connectivity index is 2.22. The summed E-state index contributed by atoms with van der Waals surface area (Å²) in [6.45, 7) is 0.0496. The minimum atomic E-state index is -3.60. The first kappa shape index (κ1) is 9.57. The van der Waals surface area contributed by atoms with E-state index < -0.39 is 16.3 Å². The van der Waals surface area contributed by atoms with Crippen molar-refractivity contribution in [3.05, 3.63) is 35.6 Å². The van der Waals surface area contributed by atoms with E-state index in [1.807, 2.05) is 0 Å². The molecule has 0 unspecified atom stereocenters. The summed E-state index contributed by atoms with van der Waals surface area (Å²) in [6, 6.07) is 5.19. The monoisotopic (exact) mass is 217 g/mol.